The fourth-order valence-electron chi connectivity index (χ4n) is 2.93. The third kappa shape index (κ3) is 2.92. The van der Waals surface area contributed by atoms with E-state index in [-0.39, 0.29) is 6.61 Å². The topological polar surface area (TPSA) is 94.8 Å². The second-order valence-electron chi connectivity index (χ2n) is 5.86. The molecular formula is C18H16N6O2. The Kier molecular flexibility index (Phi) is 4.14. The molecule has 1 aliphatic rings. The maximum absolute atomic E-state index is 12.9. The van der Waals surface area contributed by atoms with Crippen LogP contribution in [0.4, 0.5) is 5.95 Å². The number of nitrogens with zero attached hydrogens (tertiary/aromatic N) is 5. The number of ether oxygens (including phenoxy) is 1. The summed E-state index contributed by atoms with van der Waals surface area (Å²) in [4.78, 5) is 16.9. The maximum Gasteiger partial charge on any atom is 0.338 e. The van der Waals surface area contributed by atoms with Crippen molar-refractivity contribution in [3.63, 3.8) is 0 Å². The molecule has 8 nitrogen and oxygen atoms in total. The molecule has 0 saturated heterocycles. The molecule has 1 aliphatic heterocycles. The third-order valence-corrected chi connectivity index (χ3v) is 4.17. The molecule has 1 N–H and O–H groups in total. The summed E-state index contributed by atoms with van der Waals surface area (Å²) >= 11 is 0. The molecule has 0 radical (unpaired) electrons. The Morgan fingerprint density at radius 1 is 1.19 bits per heavy atom. The van der Waals surface area contributed by atoms with E-state index in [9.17, 15) is 4.79 Å². The molecule has 0 saturated carbocycles. The number of carbonyl (C=O) groups excluding carboxylic acids is 1. The van der Waals surface area contributed by atoms with Crippen LogP contribution in [0, 0.1) is 0 Å². The average molecular weight is 348 g/mol. The van der Waals surface area contributed by atoms with Crippen molar-refractivity contribution in [2.24, 2.45) is 0 Å². The highest BCUT2D eigenvalue weighted by atomic mass is 16.5. The molecule has 26 heavy (non-hydrogen) atoms. The Labute approximate surface area is 149 Å². The van der Waals surface area contributed by atoms with Gasteiger partial charge in [-0.1, -0.05) is 35.4 Å². The molecular weight excluding hydrogens is 332 g/mol. The molecule has 0 aliphatic carbocycles. The molecule has 8 heteroatoms. The van der Waals surface area contributed by atoms with Crippen LogP contribution >= 0.6 is 0 Å². The van der Waals surface area contributed by atoms with Crippen LogP contribution in [-0.2, 0) is 16.1 Å². The van der Waals surface area contributed by atoms with Gasteiger partial charge in [0.1, 0.15) is 12.6 Å². The Bertz CT molecular complexity index is 952. The summed E-state index contributed by atoms with van der Waals surface area (Å²) in [7, 11) is 0. The van der Waals surface area contributed by atoms with Crippen molar-refractivity contribution < 1.29 is 9.53 Å². The molecule has 2 aromatic heterocycles. The van der Waals surface area contributed by atoms with E-state index in [1.165, 1.54) is 0 Å². The largest absolute Gasteiger partial charge is 0.457 e. The van der Waals surface area contributed by atoms with Gasteiger partial charge >= 0.3 is 5.97 Å². The lowest BCUT2D eigenvalue weighted by Crippen LogP contribution is -2.29. The molecule has 1 atom stereocenters. The maximum atomic E-state index is 12.9. The van der Waals surface area contributed by atoms with Crippen LogP contribution in [0.1, 0.15) is 24.1 Å². The number of hydrogen-bond acceptors (Lipinski definition) is 7. The highest BCUT2D eigenvalue weighted by Gasteiger charge is 2.34. The molecule has 1 aromatic carbocycles. The van der Waals surface area contributed by atoms with Crippen molar-refractivity contribution >= 4 is 11.9 Å². The van der Waals surface area contributed by atoms with Gasteiger partial charge < -0.3 is 10.1 Å². The lowest BCUT2D eigenvalue weighted by Gasteiger charge is -2.27. The van der Waals surface area contributed by atoms with Crippen LogP contribution in [-0.4, -0.2) is 31.2 Å². The summed E-state index contributed by atoms with van der Waals surface area (Å²) in [5, 5.41) is 14.8. The minimum atomic E-state index is -0.479. The van der Waals surface area contributed by atoms with Gasteiger partial charge in [-0.15, -0.1) is 0 Å². The number of fused-ring (bicyclic) bond motifs is 1. The van der Waals surface area contributed by atoms with Crippen LogP contribution < -0.4 is 5.32 Å². The Balaban J connectivity index is 1.67. The molecule has 1 unspecified atom stereocenters. The average Bonchev–Trinajstić information content (AvgIpc) is 3.14. The Morgan fingerprint density at radius 2 is 1.96 bits per heavy atom. The monoisotopic (exact) mass is 348 g/mol. The molecule has 3 aromatic rings. The number of nitrogens with one attached hydrogen (secondary N) is 1. The van der Waals surface area contributed by atoms with Crippen molar-refractivity contribution in [3.8, 4) is 0 Å². The lowest BCUT2D eigenvalue weighted by atomic mass is 9.96. The van der Waals surface area contributed by atoms with Crippen LogP contribution in [0.25, 0.3) is 0 Å². The zero-order chi connectivity index (χ0) is 17.9. The molecule has 0 bridgehead atoms. The van der Waals surface area contributed by atoms with Crippen molar-refractivity contribution in [2.45, 2.75) is 19.6 Å². The van der Waals surface area contributed by atoms with Gasteiger partial charge in [0.15, 0.2) is 0 Å². The van der Waals surface area contributed by atoms with E-state index in [1.807, 2.05) is 49.4 Å². The fraction of sp³-hybridized carbons (Fsp3) is 0.167. The number of aromatic nitrogens is 5. The number of anilines is 1. The molecule has 0 fully saturated rings. The van der Waals surface area contributed by atoms with Crippen molar-refractivity contribution in [2.75, 3.05) is 5.32 Å². The van der Waals surface area contributed by atoms with Crippen LogP contribution in [0.15, 0.2) is 66.1 Å². The Hall–Kier alpha value is -3.55. The van der Waals surface area contributed by atoms with E-state index in [1.54, 1.807) is 17.1 Å². The van der Waals surface area contributed by atoms with Crippen LogP contribution in [0.2, 0.25) is 0 Å². The van der Waals surface area contributed by atoms with Gasteiger partial charge in [0.25, 0.3) is 0 Å². The summed E-state index contributed by atoms with van der Waals surface area (Å²) in [5.74, 6) is 0.0609. The predicted molar refractivity (Wildman–Crippen MR) is 92.8 cm³/mol. The first-order valence-electron chi connectivity index (χ1n) is 8.10. The van der Waals surface area contributed by atoms with Crippen molar-refractivity contribution in [1.29, 1.82) is 0 Å². The molecule has 0 amide bonds. The standard InChI is InChI=1S/C18H16N6O2/c1-12-15(17(25)26-11-13-5-3-2-4-6-13)16(14-7-9-19-10-8-14)24-18(20-12)21-22-23-24/h2-10,16H,11H2,1H3,(H,20,21,23). The number of esters is 1. The zero-order valence-corrected chi connectivity index (χ0v) is 14.0. The summed E-state index contributed by atoms with van der Waals surface area (Å²) in [6.45, 7) is 2.01. The van der Waals surface area contributed by atoms with Gasteiger partial charge in [-0.25, -0.2) is 4.79 Å². The predicted octanol–water partition coefficient (Wildman–Crippen LogP) is 2.10. The van der Waals surface area contributed by atoms with Gasteiger partial charge in [-0.3, -0.25) is 4.98 Å². The van der Waals surface area contributed by atoms with E-state index < -0.39 is 12.0 Å². The quantitative estimate of drug-likeness (QED) is 0.721. The van der Waals surface area contributed by atoms with E-state index in [0.29, 0.717) is 17.2 Å². The molecule has 0 spiro atoms. The van der Waals surface area contributed by atoms with E-state index in [0.717, 1.165) is 11.1 Å². The van der Waals surface area contributed by atoms with Gasteiger partial charge in [-0.05, 0) is 40.6 Å². The van der Waals surface area contributed by atoms with Gasteiger partial charge in [0.05, 0.1) is 5.57 Å². The number of rotatable bonds is 4. The van der Waals surface area contributed by atoms with E-state index in [4.69, 9.17) is 4.74 Å². The zero-order valence-electron chi connectivity index (χ0n) is 14.0. The number of carbonyl (C=O) groups is 1. The van der Waals surface area contributed by atoms with E-state index >= 15 is 0 Å². The summed E-state index contributed by atoms with van der Waals surface area (Å²) in [6, 6.07) is 12.7. The second-order valence-corrected chi connectivity index (χ2v) is 5.86. The first-order chi connectivity index (χ1) is 12.7. The minimum Gasteiger partial charge on any atom is -0.457 e. The van der Waals surface area contributed by atoms with Gasteiger partial charge in [0, 0.05) is 18.1 Å². The van der Waals surface area contributed by atoms with E-state index in [2.05, 4.69) is 25.8 Å². The number of benzene rings is 1. The summed E-state index contributed by atoms with van der Waals surface area (Å²) < 4.78 is 7.12. The summed E-state index contributed by atoms with van der Waals surface area (Å²) in [6.07, 6.45) is 3.34. The number of allylic oxidation sites excluding steroid dienone is 1. The number of hydrogen-bond donors (Lipinski definition) is 1. The van der Waals surface area contributed by atoms with Crippen LogP contribution in [0.5, 0.6) is 0 Å². The van der Waals surface area contributed by atoms with Gasteiger partial charge in [-0.2, -0.15) is 4.68 Å². The second kappa shape index (κ2) is 6.75. The van der Waals surface area contributed by atoms with Crippen molar-refractivity contribution in [3.05, 3.63) is 77.3 Å². The SMILES string of the molecule is CC1=C(C(=O)OCc2ccccc2)C(c2ccncc2)n2nnnc2N1. The lowest BCUT2D eigenvalue weighted by molar-refractivity contribution is -0.140. The molecule has 130 valence electrons. The Morgan fingerprint density at radius 3 is 2.73 bits per heavy atom. The van der Waals surface area contributed by atoms with Crippen molar-refractivity contribution in [1.82, 2.24) is 25.2 Å². The number of pyridine rings is 1. The minimum absolute atomic E-state index is 0.196. The highest BCUT2D eigenvalue weighted by molar-refractivity contribution is 5.92. The third-order valence-electron chi connectivity index (χ3n) is 4.17. The summed E-state index contributed by atoms with van der Waals surface area (Å²) in [5.41, 5.74) is 2.90. The smallest absolute Gasteiger partial charge is 0.338 e. The molecule has 4 rings (SSSR count). The first-order valence-corrected chi connectivity index (χ1v) is 8.10. The highest BCUT2D eigenvalue weighted by Crippen LogP contribution is 2.34. The normalized spacial score (nSPS) is 16.0. The fourth-order valence-corrected chi connectivity index (χ4v) is 2.93. The van der Waals surface area contributed by atoms with Crippen LogP contribution in [0.3, 0.4) is 0 Å². The number of tetrazole rings is 1. The van der Waals surface area contributed by atoms with Gasteiger partial charge in [0.2, 0.25) is 5.95 Å². The first kappa shape index (κ1) is 15.9. The molecule has 3 heterocycles.